The molecule has 0 aromatic heterocycles. The molecule has 0 amide bonds. The topological polar surface area (TPSA) is 18.5 Å². The Morgan fingerprint density at radius 1 is 1.00 bits per heavy atom. The van der Waals surface area contributed by atoms with Crippen molar-refractivity contribution in [3.8, 4) is 0 Å². The van der Waals surface area contributed by atoms with E-state index < -0.39 is 0 Å². The Morgan fingerprint density at radius 2 is 1.64 bits per heavy atom. The van der Waals surface area contributed by atoms with Crippen molar-refractivity contribution in [3.05, 3.63) is 0 Å². The van der Waals surface area contributed by atoms with E-state index in [9.17, 15) is 0 Å². The van der Waals surface area contributed by atoms with Crippen molar-refractivity contribution < 1.29 is 9.47 Å². The van der Waals surface area contributed by atoms with Gasteiger partial charge >= 0.3 is 0 Å². The molecule has 64 valence electrons. The van der Waals surface area contributed by atoms with Gasteiger partial charge in [-0.05, 0) is 6.42 Å². The lowest BCUT2D eigenvalue weighted by Crippen LogP contribution is -2.31. The standard InChI is InChI=1S/C7H12O2S2/c1-2-8-6(9-3-1)7-10-4-5-11-7/h6-7H,1-5H2. The summed E-state index contributed by atoms with van der Waals surface area (Å²) in [6.45, 7) is 1.75. The highest BCUT2D eigenvalue weighted by Crippen LogP contribution is 2.36. The molecular weight excluding hydrogens is 180 g/mol. The molecule has 2 heterocycles. The van der Waals surface area contributed by atoms with Crippen LogP contribution < -0.4 is 0 Å². The second-order valence-electron chi connectivity index (χ2n) is 2.57. The lowest BCUT2D eigenvalue weighted by molar-refractivity contribution is -0.168. The first-order valence-electron chi connectivity index (χ1n) is 3.93. The minimum atomic E-state index is 0.0706. The Kier molecular flexibility index (Phi) is 3.01. The van der Waals surface area contributed by atoms with Crippen LogP contribution in [0.3, 0.4) is 0 Å². The SMILES string of the molecule is C1COC(C2SCCS2)OC1. The van der Waals surface area contributed by atoms with Gasteiger partial charge in [-0.1, -0.05) is 0 Å². The van der Waals surface area contributed by atoms with Crippen molar-refractivity contribution in [3.63, 3.8) is 0 Å². The largest absolute Gasteiger partial charge is 0.350 e. The maximum absolute atomic E-state index is 5.50. The Balaban J connectivity index is 1.82. The zero-order valence-corrected chi connectivity index (χ0v) is 7.96. The van der Waals surface area contributed by atoms with Gasteiger partial charge in [0.15, 0.2) is 6.29 Å². The number of rotatable bonds is 1. The van der Waals surface area contributed by atoms with Crippen LogP contribution in [0.4, 0.5) is 0 Å². The predicted molar refractivity (Wildman–Crippen MR) is 49.0 cm³/mol. The van der Waals surface area contributed by atoms with Gasteiger partial charge in [-0.2, -0.15) is 0 Å². The molecule has 0 spiro atoms. The van der Waals surface area contributed by atoms with Gasteiger partial charge in [0.1, 0.15) is 4.58 Å². The van der Waals surface area contributed by atoms with E-state index in [1.165, 1.54) is 11.5 Å². The van der Waals surface area contributed by atoms with Crippen LogP contribution in [-0.2, 0) is 9.47 Å². The number of hydrogen-bond donors (Lipinski definition) is 0. The summed E-state index contributed by atoms with van der Waals surface area (Å²) >= 11 is 3.92. The van der Waals surface area contributed by atoms with Gasteiger partial charge in [0.25, 0.3) is 0 Å². The van der Waals surface area contributed by atoms with Gasteiger partial charge in [0, 0.05) is 11.5 Å². The average molecular weight is 192 g/mol. The Bertz CT molecular complexity index is 120. The van der Waals surface area contributed by atoms with E-state index in [0.717, 1.165) is 19.6 Å². The molecule has 11 heavy (non-hydrogen) atoms. The summed E-state index contributed by atoms with van der Waals surface area (Å²) in [5.41, 5.74) is 0. The van der Waals surface area contributed by atoms with Crippen molar-refractivity contribution in [1.82, 2.24) is 0 Å². The summed E-state index contributed by atoms with van der Waals surface area (Å²) in [6.07, 6.45) is 1.12. The molecular formula is C7H12O2S2. The summed E-state index contributed by atoms with van der Waals surface area (Å²) in [5.74, 6) is 2.50. The molecule has 4 heteroatoms. The lowest BCUT2D eigenvalue weighted by Gasteiger charge is -2.26. The zero-order chi connectivity index (χ0) is 7.52. The zero-order valence-electron chi connectivity index (χ0n) is 6.32. The molecule has 2 fully saturated rings. The van der Waals surface area contributed by atoms with Gasteiger partial charge < -0.3 is 9.47 Å². The van der Waals surface area contributed by atoms with Crippen LogP contribution in [0, 0.1) is 0 Å². The van der Waals surface area contributed by atoms with Crippen LogP contribution in [0.1, 0.15) is 6.42 Å². The average Bonchev–Trinajstić information content (AvgIpc) is 2.58. The summed E-state index contributed by atoms with van der Waals surface area (Å²) < 4.78 is 11.5. The van der Waals surface area contributed by atoms with E-state index in [0.29, 0.717) is 4.58 Å². The van der Waals surface area contributed by atoms with Gasteiger partial charge in [0.05, 0.1) is 13.2 Å². The number of hydrogen-bond acceptors (Lipinski definition) is 4. The molecule has 0 N–H and O–H groups in total. The van der Waals surface area contributed by atoms with Crippen molar-refractivity contribution in [1.29, 1.82) is 0 Å². The second-order valence-corrected chi connectivity index (χ2v) is 5.37. The van der Waals surface area contributed by atoms with E-state index in [4.69, 9.17) is 9.47 Å². The molecule has 2 aliphatic heterocycles. The minimum Gasteiger partial charge on any atom is -0.350 e. The van der Waals surface area contributed by atoms with Crippen LogP contribution in [0.25, 0.3) is 0 Å². The minimum absolute atomic E-state index is 0.0706. The predicted octanol–water partition coefficient (Wildman–Crippen LogP) is 1.56. The molecule has 0 aromatic rings. The molecule has 0 atom stereocenters. The fourth-order valence-corrected chi connectivity index (χ4v) is 4.02. The molecule has 0 aliphatic carbocycles. The maximum Gasteiger partial charge on any atom is 0.178 e. The highest BCUT2D eigenvalue weighted by molar-refractivity contribution is 8.20. The maximum atomic E-state index is 5.50. The van der Waals surface area contributed by atoms with Crippen molar-refractivity contribution in [2.75, 3.05) is 24.7 Å². The van der Waals surface area contributed by atoms with Crippen molar-refractivity contribution in [2.24, 2.45) is 0 Å². The molecule has 0 saturated carbocycles. The van der Waals surface area contributed by atoms with E-state index in [1.54, 1.807) is 0 Å². The van der Waals surface area contributed by atoms with Crippen LogP contribution in [0.2, 0.25) is 0 Å². The molecule has 2 rings (SSSR count). The van der Waals surface area contributed by atoms with Crippen molar-refractivity contribution >= 4 is 23.5 Å². The third-order valence-electron chi connectivity index (χ3n) is 1.72. The van der Waals surface area contributed by atoms with Gasteiger partial charge in [0.2, 0.25) is 0 Å². The number of thioether (sulfide) groups is 2. The van der Waals surface area contributed by atoms with Crippen LogP contribution in [0.5, 0.6) is 0 Å². The molecule has 2 aliphatic rings. The summed E-state index contributed by atoms with van der Waals surface area (Å²) in [6, 6.07) is 0. The first kappa shape index (κ1) is 8.23. The molecule has 2 nitrogen and oxygen atoms in total. The van der Waals surface area contributed by atoms with Crippen LogP contribution >= 0.6 is 23.5 Å². The Labute approximate surface area is 75.4 Å². The lowest BCUT2D eigenvalue weighted by atomic mass is 10.4. The molecule has 0 radical (unpaired) electrons. The molecule has 0 bridgehead atoms. The van der Waals surface area contributed by atoms with Gasteiger partial charge in [-0.3, -0.25) is 0 Å². The molecule has 0 aromatic carbocycles. The quantitative estimate of drug-likeness (QED) is 0.627. The third kappa shape index (κ3) is 2.05. The number of ether oxygens (including phenoxy) is 2. The Morgan fingerprint density at radius 3 is 2.27 bits per heavy atom. The van der Waals surface area contributed by atoms with Crippen molar-refractivity contribution in [2.45, 2.75) is 17.3 Å². The second kappa shape index (κ2) is 4.03. The normalized spacial score (nSPS) is 29.5. The van der Waals surface area contributed by atoms with Crippen LogP contribution in [0.15, 0.2) is 0 Å². The third-order valence-corrected chi connectivity index (χ3v) is 4.78. The van der Waals surface area contributed by atoms with E-state index in [1.807, 2.05) is 23.5 Å². The monoisotopic (exact) mass is 192 g/mol. The molecule has 0 unspecified atom stereocenters. The first-order chi connectivity index (χ1) is 5.47. The smallest absolute Gasteiger partial charge is 0.178 e. The first-order valence-corrected chi connectivity index (χ1v) is 6.03. The fourth-order valence-electron chi connectivity index (χ4n) is 1.20. The highest BCUT2D eigenvalue weighted by atomic mass is 32.2. The highest BCUT2D eigenvalue weighted by Gasteiger charge is 2.29. The van der Waals surface area contributed by atoms with Gasteiger partial charge in [-0.25, -0.2) is 0 Å². The van der Waals surface area contributed by atoms with E-state index >= 15 is 0 Å². The van der Waals surface area contributed by atoms with Gasteiger partial charge in [-0.15, -0.1) is 23.5 Å². The molecule has 2 saturated heterocycles. The Hall–Kier alpha value is 0.620. The summed E-state index contributed by atoms with van der Waals surface area (Å²) in [7, 11) is 0. The van der Waals surface area contributed by atoms with E-state index in [-0.39, 0.29) is 6.29 Å². The van der Waals surface area contributed by atoms with Crippen LogP contribution in [-0.4, -0.2) is 35.6 Å². The fraction of sp³-hybridized carbons (Fsp3) is 1.00. The summed E-state index contributed by atoms with van der Waals surface area (Å²) in [4.78, 5) is 0. The summed E-state index contributed by atoms with van der Waals surface area (Å²) in [5, 5.41) is 0. The van der Waals surface area contributed by atoms with E-state index in [2.05, 4.69) is 0 Å².